The third-order valence-corrected chi connectivity index (χ3v) is 5.29. The number of amides is 1. The highest BCUT2D eigenvalue weighted by Gasteiger charge is 2.31. The van der Waals surface area contributed by atoms with Crippen LogP contribution in [0.2, 0.25) is 5.02 Å². The maximum Gasteiger partial charge on any atom is 0.320 e. The number of carbonyl (C=O) groups is 2. The van der Waals surface area contributed by atoms with Gasteiger partial charge in [0.2, 0.25) is 0 Å². The number of carbonyl (C=O) groups excluding carboxylic acids is 2. The van der Waals surface area contributed by atoms with E-state index in [1.165, 1.54) is 30.8 Å². The fraction of sp³-hybridized carbons (Fsp3) is 0.222. The Kier molecular flexibility index (Phi) is 5.30. The van der Waals surface area contributed by atoms with Gasteiger partial charge < -0.3 is 10.1 Å². The lowest BCUT2D eigenvalue weighted by molar-refractivity contribution is -0.152. The number of esters is 1. The first-order chi connectivity index (χ1) is 11.9. The van der Waals surface area contributed by atoms with E-state index in [4.69, 9.17) is 16.3 Å². The molecule has 2 atom stereocenters. The first-order valence-electron chi connectivity index (χ1n) is 7.65. The summed E-state index contributed by atoms with van der Waals surface area (Å²) < 4.78 is 19.0. The van der Waals surface area contributed by atoms with Gasteiger partial charge in [0.1, 0.15) is 11.1 Å². The van der Waals surface area contributed by atoms with E-state index in [2.05, 4.69) is 5.32 Å². The molecule has 0 saturated carbocycles. The van der Waals surface area contributed by atoms with Gasteiger partial charge in [-0.2, -0.15) is 0 Å². The van der Waals surface area contributed by atoms with Crippen LogP contribution in [-0.2, 0) is 20.7 Å². The number of anilines is 1. The van der Waals surface area contributed by atoms with Crippen molar-refractivity contribution < 1.29 is 18.7 Å². The van der Waals surface area contributed by atoms with Crippen molar-refractivity contribution in [1.82, 2.24) is 0 Å². The largest absolute Gasteiger partial charge is 0.452 e. The summed E-state index contributed by atoms with van der Waals surface area (Å²) in [5.41, 5.74) is 1.08. The molecule has 2 aromatic rings. The smallest absolute Gasteiger partial charge is 0.320 e. The predicted octanol–water partition coefficient (Wildman–Crippen LogP) is 4.07. The lowest BCUT2D eigenvalue weighted by Gasteiger charge is -2.16. The molecular weight excluding hydrogens is 365 g/mol. The van der Waals surface area contributed by atoms with Crippen LogP contribution in [0.3, 0.4) is 0 Å². The Labute approximate surface area is 153 Å². The molecule has 2 aromatic carbocycles. The minimum absolute atomic E-state index is 0.0139. The number of nitrogens with one attached hydrogen (secondary N) is 1. The summed E-state index contributed by atoms with van der Waals surface area (Å²) in [6.45, 7) is 1.45. The summed E-state index contributed by atoms with van der Waals surface area (Å²) in [4.78, 5) is 25.4. The highest BCUT2D eigenvalue weighted by Crippen LogP contribution is 2.37. The van der Waals surface area contributed by atoms with Crippen molar-refractivity contribution in [3.63, 3.8) is 0 Å². The fourth-order valence-electron chi connectivity index (χ4n) is 2.44. The lowest BCUT2D eigenvalue weighted by atomic mass is 10.1. The van der Waals surface area contributed by atoms with Crippen molar-refractivity contribution in [2.45, 2.75) is 29.6 Å². The quantitative estimate of drug-likeness (QED) is 0.814. The van der Waals surface area contributed by atoms with Gasteiger partial charge in [0.25, 0.3) is 5.91 Å². The summed E-state index contributed by atoms with van der Waals surface area (Å²) >= 11 is 7.10. The first kappa shape index (κ1) is 17.8. The van der Waals surface area contributed by atoms with Crippen LogP contribution in [0.1, 0.15) is 12.5 Å². The van der Waals surface area contributed by atoms with E-state index in [9.17, 15) is 14.0 Å². The minimum atomic E-state index is -1.04. The maximum atomic E-state index is 13.7. The van der Waals surface area contributed by atoms with Gasteiger partial charge >= 0.3 is 5.97 Å². The molecular formula is C18H15ClFNO3S. The topological polar surface area (TPSA) is 55.4 Å². The Bertz CT molecular complexity index is 805. The molecule has 1 amide bonds. The lowest BCUT2D eigenvalue weighted by Crippen LogP contribution is -2.33. The zero-order chi connectivity index (χ0) is 18.0. The van der Waals surface area contributed by atoms with Crippen LogP contribution in [0.5, 0.6) is 0 Å². The van der Waals surface area contributed by atoms with E-state index in [1.54, 1.807) is 0 Å². The molecule has 7 heteroatoms. The zero-order valence-corrected chi connectivity index (χ0v) is 14.9. The molecule has 2 unspecified atom stereocenters. The van der Waals surface area contributed by atoms with Gasteiger partial charge in [0, 0.05) is 9.92 Å². The number of ether oxygens (including phenoxy) is 1. The number of halogens is 2. The van der Waals surface area contributed by atoms with Gasteiger partial charge in [-0.3, -0.25) is 9.59 Å². The normalized spacial score (nSPS) is 16.8. The van der Waals surface area contributed by atoms with Crippen molar-refractivity contribution in [2.24, 2.45) is 0 Å². The SMILES string of the molecule is CC(OC(=O)C1Cc2ccccc2S1)C(=O)Nc1ccc(Cl)cc1F. The van der Waals surface area contributed by atoms with Gasteiger partial charge in [-0.25, -0.2) is 4.39 Å². The molecule has 1 heterocycles. The summed E-state index contributed by atoms with van der Waals surface area (Å²) in [6, 6.07) is 11.7. The molecule has 0 bridgehead atoms. The second-order valence-electron chi connectivity index (χ2n) is 5.61. The van der Waals surface area contributed by atoms with E-state index >= 15 is 0 Å². The average molecular weight is 380 g/mol. The maximum absolute atomic E-state index is 13.7. The third kappa shape index (κ3) is 4.14. The van der Waals surface area contributed by atoms with Crippen molar-refractivity contribution in [3.05, 3.63) is 58.9 Å². The van der Waals surface area contributed by atoms with Crippen LogP contribution in [0.15, 0.2) is 47.4 Å². The summed E-state index contributed by atoms with van der Waals surface area (Å²) in [5.74, 6) is -1.71. The standard InChI is InChI=1S/C18H15ClFNO3S/c1-10(17(22)21-14-7-6-12(19)9-13(14)20)24-18(23)16-8-11-4-2-3-5-15(11)25-16/h2-7,9-10,16H,8H2,1H3,(H,21,22). The third-order valence-electron chi connectivity index (χ3n) is 3.76. The molecule has 0 fully saturated rings. The number of hydrogen-bond acceptors (Lipinski definition) is 4. The van der Waals surface area contributed by atoms with E-state index in [1.807, 2.05) is 24.3 Å². The number of hydrogen-bond donors (Lipinski definition) is 1. The van der Waals surface area contributed by atoms with Gasteiger partial charge in [0.05, 0.1) is 5.69 Å². The Morgan fingerprint density at radius 2 is 2.08 bits per heavy atom. The highest BCUT2D eigenvalue weighted by molar-refractivity contribution is 8.01. The van der Waals surface area contributed by atoms with Crippen molar-refractivity contribution >= 4 is 40.9 Å². The number of rotatable bonds is 4. The van der Waals surface area contributed by atoms with Crippen LogP contribution in [-0.4, -0.2) is 23.2 Å². The number of benzene rings is 2. The van der Waals surface area contributed by atoms with Crippen LogP contribution < -0.4 is 5.32 Å². The zero-order valence-electron chi connectivity index (χ0n) is 13.3. The minimum Gasteiger partial charge on any atom is -0.452 e. The molecule has 25 heavy (non-hydrogen) atoms. The number of fused-ring (bicyclic) bond motifs is 1. The second kappa shape index (κ2) is 7.45. The Hall–Kier alpha value is -2.05. The molecule has 4 nitrogen and oxygen atoms in total. The van der Waals surface area contributed by atoms with E-state index in [0.29, 0.717) is 6.42 Å². The highest BCUT2D eigenvalue weighted by atomic mass is 35.5. The summed E-state index contributed by atoms with van der Waals surface area (Å²) in [7, 11) is 0. The first-order valence-corrected chi connectivity index (χ1v) is 8.91. The molecule has 0 aliphatic carbocycles. The summed E-state index contributed by atoms with van der Waals surface area (Å²) in [6.07, 6.45) is -0.466. The second-order valence-corrected chi connectivity index (χ2v) is 7.29. The Balaban J connectivity index is 1.57. The molecule has 0 radical (unpaired) electrons. The van der Waals surface area contributed by atoms with Crippen LogP contribution in [0.4, 0.5) is 10.1 Å². The average Bonchev–Trinajstić information content (AvgIpc) is 3.01. The molecule has 1 aliphatic rings. The predicted molar refractivity (Wildman–Crippen MR) is 95.4 cm³/mol. The number of thioether (sulfide) groups is 1. The van der Waals surface area contributed by atoms with Crippen LogP contribution in [0, 0.1) is 5.82 Å². The fourth-order valence-corrected chi connectivity index (χ4v) is 3.78. The van der Waals surface area contributed by atoms with E-state index < -0.39 is 23.8 Å². The van der Waals surface area contributed by atoms with E-state index in [0.717, 1.165) is 16.5 Å². The molecule has 3 rings (SSSR count). The Morgan fingerprint density at radius 3 is 2.80 bits per heavy atom. The van der Waals surface area contributed by atoms with Crippen molar-refractivity contribution in [1.29, 1.82) is 0 Å². The molecule has 0 aromatic heterocycles. The van der Waals surface area contributed by atoms with Gasteiger partial charge in [-0.1, -0.05) is 29.8 Å². The van der Waals surface area contributed by atoms with Gasteiger partial charge in [-0.05, 0) is 43.2 Å². The van der Waals surface area contributed by atoms with E-state index in [-0.39, 0.29) is 16.0 Å². The van der Waals surface area contributed by atoms with Gasteiger partial charge in [0.15, 0.2) is 6.10 Å². The van der Waals surface area contributed by atoms with Crippen LogP contribution in [0.25, 0.3) is 0 Å². The Morgan fingerprint density at radius 1 is 1.32 bits per heavy atom. The summed E-state index contributed by atoms with van der Waals surface area (Å²) in [5, 5.41) is 2.25. The molecule has 0 spiro atoms. The molecule has 0 saturated heterocycles. The molecule has 130 valence electrons. The van der Waals surface area contributed by atoms with Crippen LogP contribution >= 0.6 is 23.4 Å². The van der Waals surface area contributed by atoms with Gasteiger partial charge in [-0.15, -0.1) is 11.8 Å². The van der Waals surface area contributed by atoms with Crippen molar-refractivity contribution in [3.8, 4) is 0 Å². The molecule has 1 aliphatic heterocycles. The van der Waals surface area contributed by atoms with Crippen molar-refractivity contribution in [2.75, 3.05) is 5.32 Å². The monoisotopic (exact) mass is 379 g/mol. The molecule has 1 N–H and O–H groups in total.